The van der Waals surface area contributed by atoms with Crippen LogP contribution in [-0.4, -0.2) is 60.6 Å². The minimum absolute atomic E-state index is 0.131. The molecule has 2 fully saturated rings. The smallest absolute Gasteiger partial charge is 0.253 e. The Kier molecular flexibility index (Phi) is 3.43. The largest absolute Gasteiger partial charge is 0.345 e. The molecule has 0 aliphatic carbocycles. The van der Waals surface area contributed by atoms with Gasteiger partial charge in [-0.15, -0.1) is 0 Å². The molecule has 0 unspecified atom stereocenters. The molecule has 1 spiro atoms. The molecule has 4 amide bonds. The molecule has 3 rings (SSSR count). The fraction of sp³-hybridized carbons (Fsp3) is 0.375. The van der Waals surface area contributed by atoms with Crippen molar-refractivity contribution in [3.05, 3.63) is 35.4 Å². The van der Waals surface area contributed by atoms with Gasteiger partial charge in [0, 0.05) is 44.7 Å². The number of rotatable bonds is 2. The van der Waals surface area contributed by atoms with Crippen LogP contribution in [0, 0.1) is 5.41 Å². The molecule has 23 heavy (non-hydrogen) atoms. The van der Waals surface area contributed by atoms with E-state index >= 15 is 0 Å². The zero-order valence-electron chi connectivity index (χ0n) is 13.0. The fourth-order valence-corrected chi connectivity index (χ4v) is 2.97. The predicted molar refractivity (Wildman–Crippen MR) is 80.6 cm³/mol. The fourth-order valence-electron chi connectivity index (χ4n) is 2.97. The molecule has 1 N–H and O–H groups in total. The Morgan fingerprint density at radius 2 is 1.65 bits per heavy atom. The molecule has 0 radical (unpaired) electrons. The Morgan fingerprint density at radius 3 is 2.13 bits per heavy atom. The highest BCUT2D eigenvalue weighted by atomic mass is 16.2. The van der Waals surface area contributed by atoms with Gasteiger partial charge in [-0.25, -0.2) is 0 Å². The molecule has 0 bridgehead atoms. The number of likely N-dealkylation sites (tertiary alicyclic amines) is 1. The number of amides is 4. The van der Waals surface area contributed by atoms with E-state index in [2.05, 4.69) is 5.32 Å². The van der Waals surface area contributed by atoms with Crippen LogP contribution in [0.4, 0.5) is 0 Å². The molecule has 1 aromatic carbocycles. The van der Waals surface area contributed by atoms with Crippen molar-refractivity contribution < 1.29 is 19.2 Å². The zero-order chi connectivity index (χ0) is 16.8. The van der Waals surface area contributed by atoms with E-state index in [-0.39, 0.29) is 43.1 Å². The Balaban J connectivity index is 1.67. The molecule has 7 nitrogen and oxygen atoms in total. The maximum absolute atomic E-state index is 12.4. The monoisotopic (exact) mass is 315 g/mol. The Hall–Kier alpha value is -2.70. The van der Waals surface area contributed by atoms with Crippen molar-refractivity contribution >= 4 is 23.6 Å². The van der Waals surface area contributed by atoms with Gasteiger partial charge in [0.1, 0.15) is 0 Å². The molecule has 0 aromatic heterocycles. The first kappa shape index (κ1) is 15.2. The number of benzene rings is 1. The summed E-state index contributed by atoms with van der Waals surface area (Å²) < 4.78 is 0. The maximum Gasteiger partial charge on any atom is 0.253 e. The molecule has 2 aliphatic rings. The van der Waals surface area contributed by atoms with Crippen LogP contribution in [0.1, 0.15) is 27.1 Å². The second kappa shape index (κ2) is 5.19. The van der Waals surface area contributed by atoms with Crippen LogP contribution in [0.25, 0.3) is 0 Å². The number of hydrogen-bond acceptors (Lipinski definition) is 4. The molecule has 7 heteroatoms. The van der Waals surface area contributed by atoms with Crippen LogP contribution in [0.5, 0.6) is 0 Å². The lowest BCUT2D eigenvalue weighted by atomic mass is 9.78. The van der Waals surface area contributed by atoms with Crippen LogP contribution in [0.3, 0.4) is 0 Å². The third kappa shape index (κ3) is 2.48. The molecule has 2 aliphatic heterocycles. The van der Waals surface area contributed by atoms with Crippen molar-refractivity contribution in [1.82, 2.24) is 15.1 Å². The van der Waals surface area contributed by atoms with Gasteiger partial charge in [-0.2, -0.15) is 0 Å². The predicted octanol–water partition coefficient (Wildman–Crippen LogP) is -0.123. The summed E-state index contributed by atoms with van der Waals surface area (Å²) in [6.45, 7) is 0.504. The number of carbonyl (C=O) groups is 4. The number of nitrogens with zero attached hydrogens (tertiary/aromatic N) is 2. The van der Waals surface area contributed by atoms with Crippen molar-refractivity contribution in [3.8, 4) is 0 Å². The summed E-state index contributed by atoms with van der Waals surface area (Å²) in [5, 5.41) is 2.28. The molecule has 2 saturated heterocycles. The third-order valence-electron chi connectivity index (χ3n) is 4.29. The summed E-state index contributed by atoms with van der Waals surface area (Å²) in [5.41, 5.74) is 0.223. The van der Waals surface area contributed by atoms with Gasteiger partial charge in [-0.1, -0.05) is 0 Å². The highest BCUT2D eigenvalue weighted by Gasteiger charge is 2.56. The van der Waals surface area contributed by atoms with Gasteiger partial charge < -0.3 is 9.80 Å². The first-order valence-corrected chi connectivity index (χ1v) is 7.28. The average Bonchev–Trinajstić information content (AvgIpc) is 2.79. The standard InChI is InChI=1S/C16H17N3O4/c1-18(2)13(21)10-3-5-11(6-4-10)14(22)19-8-16(9-19)7-12(20)17-15(16)23/h3-6H,7-9H2,1-2H3,(H,17,20,23). The summed E-state index contributed by atoms with van der Waals surface area (Å²) in [4.78, 5) is 50.3. The quantitative estimate of drug-likeness (QED) is 0.771. The van der Waals surface area contributed by atoms with Crippen LogP contribution in [-0.2, 0) is 9.59 Å². The molecule has 0 saturated carbocycles. The molecule has 120 valence electrons. The van der Waals surface area contributed by atoms with Gasteiger partial charge in [0.25, 0.3) is 11.8 Å². The summed E-state index contributed by atoms with van der Waals surface area (Å²) >= 11 is 0. The number of hydrogen-bond donors (Lipinski definition) is 1. The molecular weight excluding hydrogens is 298 g/mol. The minimum Gasteiger partial charge on any atom is -0.345 e. The zero-order valence-corrected chi connectivity index (χ0v) is 13.0. The van der Waals surface area contributed by atoms with Gasteiger partial charge in [-0.3, -0.25) is 24.5 Å². The van der Waals surface area contributed by atoms with Crippen LogP contribution in [0.15, 0.2) is 24.3 Å². The van der Waals surface area contributed by atoms with Crippen molar-refractivity contribution in [1.29, 1.82) is 0 Å². The number of imide groups is 1. The van der Waals surface area contributed by atoms with Gasteiger partial charge in [0.15, 0.2) is 0 Å². The SMILES string of the molecule is CN(C)C(=O)c1ccc(C(=O)N2CC3(CC(=O)NC3=O)C2)cc1. The average molecular weight is 315 g/mol. The lowest BCUT2D eigenvalue weighted by Gasteiger charge is -2.45. The first-order chi connectivity index (χ1) is 10.8. The number of nitrogens with one attached hydrogen (secondary N) is 1. The van der Waals surface area contributed by atoms with Crippen molar-refractivity contribution in [3.63, 3.8) is 0 Å². The highest BCUT2D eigenvalue weighted by molar-refractivity contribution is 6.08. The van der Waals surface area contributed by atoms with Crippen LogP contribution < -0.4 is 5.32 Å². The van der Waals surface area contributed by atoms with E-state index in [1.165, 1.54) is 4.90 Å². The van der Waals surface area contributed by atoms with Gasteiger partial charge >= 0.3 is 0 Å². The van der Waals surface area contributed by atoms with Crippen molar-refractivity contribution in [2.45, 2.75) is 6.42 Å². The van der Waals surface area contributed by atoms with Crippen molar-refractivity contribution in [2.75, 3.05) is 27.2 Å². The minimum atomic E-state index is -0.742. The maximum atomic E-state index is 12.4. The molecular formula is C16H17N3O4. The van der Waals surface area contributed by atoms with Gasteiger partial charge in [-0.05, 0) is 24.3 Å². The van der Waals surface area contributed by atoms with E-state index in [1.54, 1.807) is 43.3 Å². The first-order valence-electron chi connectivity index (χ1n) is 7.28. The van der Waals surface area contributed by atoms with E-state index in [0.717, 1.165) is 0 Å². The van der Waals surface area contributed by atoms with E-state index in [9.17, 15) is 19.2 Å². The third-order valence-corrected chi connectivity index (χ3v) is 4.29. The second-order valence-corrected chi connectivity index (χ2v) is 6.27. The summed E-state index contributed by atoms with van der Waals surface area (Å²) in [6.07, 6.45) is 0.145. The van der Waals surface area contributed by atoms with Gasteiger partial charge in [0.05, 0.1) is 5.41 Å². The van der Waals surface area contributed by atoms with E-state index in [4.69, 9.17) is 0 Å². The van der Waals surface area contributed by atoms with Crippen molar-refractivity contribution in [2.24, 2.45) is 5.41 Å². The topological polar surface area (TPSA) is 86.8 Å². The van der Waals surface area contributed by atoms with E-state index < -0.39 is 5.41 Å². The molecule has 1 aromatic rings. The second-order valence-electron chi connectivity index (χ2n) is 6.27. The van der Waals surface area contributed by atoms with E-state index in [0.29, 0.717) is 11.1 Å². The van der Waals surface area contributed by atoms with Crippen LogP contribution in [0.2, 0.25) is 0 Å². The normalized spacial score (nSPS) is 18.6. The summed E-state index contributed by atoms with van der Waals surface area (Å²) in [5.74, 6) is -0.910. The molecule has 2 heterocycles. The molecule has 0 atom stereocenters. The Bertz CT molecular complexity index is 703. The summed E-state index contributed by atoms with van der Waals surface area (Å²) in [7, 11) is 3.32. The van der Waals surface area contributed by atoms with E-state index in [1.807, 2.05) is 0 Å². The highest BCUT2D eigenvalue weighted by Crippen LogP contribution is 2.38. The summed E-state index contributed by atoms with van der Waals surface area (Å²) in [6, 6.07) is 6.42. The van der Waals surface area contributed by atoms with Gasteiger partial charge in [0.2, 0.25) is 11.8 Å². The lowest BCUT2D eigenvalue weighted by molar-refractivity contribution is -0.134. The van der Waals surface area contributed by atoms with Crippen LogP contribution >= 0.6 is 0 Å². The lowest BCUT2D eigenvalue weighted by Crippen LogP contribution is -2.61. The number of carbonyl (C=O) groups excluding carboxylic acids is 4. The Morgan fingerprint density at radius 1 is 1.09 bits per heavy atom. The Labute approximate surface area is 133 Å².